The Labute approximate surface area is 361 Å². The lowest BCUT2D eigenvalue weighted by Crippen LogP contribution is -2.61. The van der Waals surface area contributed by atoms with Crippen LogP contribution in [-0.4, -0.2) is 11.4 Å². The van der Waals surface area contributed by atoms with Crippen LogP contribution >= 0.6 is 11.3 Å². The number of hydrogen-bond acceptors (Lipinski definition) is 2. The van der Waals surface area contributed by atoms with Crippen LogP contribution < -0.4 is 15.7 Å². The van der Waals surface area contributed by atoms with E-state index in [4.69, 9.17) is 0 Å². The lowest BCUT2D eigenvalue weighted by Gasteiger charge is -2.46. The van der Waals surface area contributed by atoms with Gasteiger partial charge in [-0.3, -0.25) is 0 Å². The van der Waals surface area contributed by atoms with Gasteiger partial charge in [-0.2, -0.15) is 0 Å². The second kappa shape index (κ2) is 12.0. The molecular weight excluding hydrogens is 744 g/mol. The Morgan fingerprint density at radius 2 is 1.18 bits per heavy atom. The fourth-order valence-corrected chi connectivity index (χ4v) is 12.5. The molecule has 11 rings (SSSR count). The van der Waals surface area contributed by atoms with Crippen LogP contribution in [-0.2, 0) is 27.1 Å². The summed E-state index contributed by atoms with van der Waals surface area (Å²) in [7, 11) is 0. The summed E-state index contributed by atoms with van der Waals surface area (Å²) in [6.07, 6.45) is 2.37. The van der Waals surface area contributed by atoms with Crippen LogP contribution in [0.15, 0.2) is 97.1 Å². The van der Waals surface area contributed by atoms with Crippen molar-refractivity contribution in [2.75, 3.05) is 4.81 Å². The lowest BCUT2D eigenvalue weighted by molar-refractivity contribution is 0.332. The Kier molecular flexibility index (Phi) is 7.61. The van der Waals surface area contributed by atoms with Gasteiger partial charge in [0.05, 0.1) is 11.0 Å². The summed E-state index contributed by atoms with van der Waals surface area (Å²) in [6, 6.07) is 39.0. The van der Waals surface area contributed by atoms with Crippen molar-refractivity contribution in [1.82, 2.24) is 4.57 Å². The van der Waals surface area contributed by atoms with Gasteiger partial charge in [-0.05, 0) is 127 Å². The molecular formula is C56H59BN2S. The predicted octanol–water partition coefficient (Wildman–Crippen LogP) is 14.6. The van der Waals surface area contributed by atoms with E-state index in [0.717, 1.165) is 0 Å². The highest BCUT2D eigenvalue weighted by molar-refractivity contribution is 7.27. The average molecular weight is 803 g/mol. The molecule has 2 aliphatic heterocycles. The number of aromatic nitrogens is 1. The predicted molar refractivity (Wildman–Crippen MR) is 264 cm³/mol. The molecule has 4 heteroatoms. The molecule has 0 amide bonds. The monoisotopic (exact) mass is 802 g/mol. The standard InChI is InChI=1S/C56H59BN2S/c1-52(2,3)32-18-22-35(23-19-32)59-44-31-40-39(55(10,11)26-27-56(40,12)13)30-38(44)48-49-50-46(47-36-16-14-15-17-45(36)60-51(47)48)37-28-33(53(4,5)6)20-24-42(37)58(50)43-25-21-34(54(7,8)9)29-41(43)57(49)59/h14-25,28-31H,26-27H2,1-13H3. The zero-order valence-electron chi connectivity index (χ0n) is 38.0. The molecule has 4 heterocycles. The Morgan fingerprint density at radius 1 is 0.583 bits per heavy atom. The fraction of sp³-hybridized carbons (Fsp3) is 0.357. The molecule has 0 N–H and O–H groups in total. The number of thiophene rings is 1. The Balaban J connectivity index is 1.40. The van der Waals surface area contributed by atoms with Crippen molar-refractivity contribution in [1.29, 1.82) is 0 Å². The summed E-state index contributed by atoms with van der Waals surface area (Å²) in [5.41, 5.74) is 19.6. The summed E-state index contributed by atoms with van der Waals surface area (Å²) in [4.78, 5) is 2.77. The maximum Gasteiger partial charge on any atom is 0.333 e. The van der Waals surface area contributed by atoms with Crippen molar-refractivity contribution >= 4 is 82.5 Å². The SMILES string of the molecule is CC(C)(C)c1ccc(N2B3c4cc(C(C)(C)C)ccc4-n4c5ccc(C(C)(C)C)cc5c5c6c(sc7ccccc76)c(c3c54)-c3cc4c(cc32)C(C)(C)CCC4(C)C)cc1. The Bertz CT molecular complexity index is 3150. The summed E-state index contributed by atoms with van der Waals surface area (Å²) < 4.78 is 5.47. The van der Waals surface area contributed by atoms with Crippen molar-refractivity contribution in [3.63, 3.8) is 0 Å². The quantitative estimate of drug-likeness (QED) is 0.150. The third-order valence-electron chi connectivity index (χ3n) is 14.9. The maximum atomic E-state index is 2.77. The van der Waals surface area contributed by atoms with Crippen LogP contribution in [0, 0.1) is 0 Å². The zero-order valence-corrected chi connectivity index (χ0v) is 38.8. The Hall–Kier alpha value is -4.80. The van der Waals surface area contributed by atoms with Gasteiger partial charge in [0.15, 0.2) is 0 Å². The van der Waals surface area contributed by atoms with E-state index in [1.807, 2.05) is 11.3 Å². The van der Waals surface area contributed by atoms with Crippen LogP contribution in [0.2, 0.25) is 0 Å². The number of rotatable bonds is 1. The van der Waals surface area contributed by atoms with Crippen molar-refractivity contribution in [2.24, 2.45) is 0 Å². The molecule has 0 fully saturated rings. The molecule has 3 aliphatic rings. The van der Waals surface area contributed by atoms with E-state index in [1.165, 1.54) is 122 Å². The second-order valence-electron chi connectivity index (χ2n) is 22.9. The van der Waals surface area contributed by atoms with E-state index in [2.05, 4.69) is 196 Å². The average Bonchev–Trinajstić information content (AvgIpc) is 3.73. The molecule has 0 saturated heterocycles. The van der Waals surface area contributed by atoms with Crippen LogP contribution in [0.4, 0.5) is 11.4 Å². The maximum absolute atomic E-state index is 2.77. The summed E-state index contributed by atoms with van der Waals surface area (Å²) in [5.74, 6) is 0. The van der Waals surface area contributed by atoms with Crippen molar-refractivity contribution < 1.29 is 0 Å². The van der Waals surface area contributed by atoms with Gasteiger partial charge in [-0.1, -0.05) is 139 Å². The number of anilines is 2. The van der Waals surface area contributed by atoms with Gasteiger partial charge in [-0.25, -0.2) is 0 Å². The van der Waals surface area contributed by atoms with Gasteiger partial charge >= 0.3 is 6.85 Å². The van der Waals surface area contributed by atoms with Gasteiger partial charge in [0.1, 0.15) is 0 Å². The third-order valence-corrected chi connectivity index (χ3v) is 16.1. The molecule has 8 aromatic rings. The number of hydrogen-bond donors (Lipinski definition) is 0. The summed E-state index contributed by atoms with van der Waals surface area (Å²) in [5, 5.41) is 5.55. The fourth-order valence-electron chi connectivity index (χ4n) is 11.2. The molecule has 1 aliphatic carbocycles. The molecule has 0 saturated carbocycles. The van der Waals surface area contributed by atoms with Crippen molar-refractivity contribution in [2.45, 2.75) is 130 Å². The number of benzene rings is 6. The number of nitrogens with zero attached hydrogens (tertiary/aromatic N) is 2. The molecule has 0 spiro atoms. The first-order valence-corrected chi connectivity index (χ1v) is 23.2. The minimum atomic E-state index is -0.0286. The second-order valence-corrected chi connectivity index (χ2v) is 24.0. The van der Waals surface area contributed by atoms with E-state index in [0.29, 0.717) is 0 Å². The summed E-state index contributed by atoms with van der Waals surface area (Å²) in [6.45, 7) is 31.0. The highest BCUT2D eigenvalue weighted by Gasteiger charge is 2.48. The van der Waals surface area contributed by atoms with Gasteiger partial charge in [0.25, 0.3) is 0 Å². The van der Waals surface area contributed by atoms with Gasteiger partial charge in [0, 0.05) is 59.1 Å². The smallest absolute Gasteiger partial charge is 0.333 e. The first-order chi connectivity index (χ1) is 28.1. The molecule has 0 radical (unpaired) electrons. The molecule has 2 nitrogen and oxygen atoms in total. The van der Waals surface area contributed by atoms with E-state index in [9.17, 15) is 0 Å². The van der Waals surface area contributed by atoms with Crippen molar-refractivity contribution in [3.05, 3.63) is 125 Å². The highest BCUT2D eigenvalue weighted by Crippen LogP contribution is 2.56. The molecule has 6 aromatic carbocycles. The van der Waals surface area contributed by atoms with Crippen LogP contribution in [0.5, 0.6) is 0 Å². The van der Waals surface area contributed by atoms with E-state index in [-0.39, 0.29) is 33.9 Å². The van der Waals surface area contributed by atoms with Crippen molar-refractivity contribution in [3.8, 4) is 16.8 Å². The Morgan fingerprint density at radius 3 is 1.85 bits per heavy atom. The molecule has 0 bridgehead atoms. The molecule has 302 valence electrons. The molecule has 60 heavy (non-hydrogen) atoms. The minimum Gasteiger partial charge on any atom is -0.376 e. The normalized spacial score (nSPS) is 16.8. The first-order valence-electron chi connectivity index (χ1n) is 22.3. The first kappa shape index (κ1) is 38.2. The third kappa shape index (κ3) is 5.19. The minimum absolute atomic E-state index is 0.0102. The molecule has 0 unspecified atom stereocenters. The van der Waals surface area contributed by atoms with Crippen LogP contribution in [0.1, 0.15) is 131 Å². The van der Waals surface area contributed by atoms with E-state index >= 15 is 0 Å². The topological polar surface area (TPSA) is 8.17 Å². The molecule has 0 atom stereocenters. The van der Waals surface area contributed by atoms with Crippen LogP contribution in [0.25, 0.3) is 58.8 Å². The largest absolute Gasteiger partial charge is 0.376 e. The van der Waals surface area contributed by atoms with Gasteiger partial charge in [-0.15, -0.1) is 11.3 Å². The summed E-state index contributed by atoms with van der Waals surface area (Å²) >= 11 is 2.01. The van der Waals surface area contributed by atoms with Gasteiger partial charge < -0.3 is 9.38 Å². The highest BCUT2D eigenvalue weighted by atomic mass is 32.1. The zero-order chi connectivity index (χ0) is 42.2. The number of fused-ring (bicyclic) bond motifs is 14. The van der Waals surface area contributed by atoms with Gasteiger partial charge in [0.2, 0.25) is 0 Å². The van der Waals surface area contributed by atoms with E-state index < -0.39 is 0 Å². The lowest BCUT2D eigenvalue weighted by atomic mass is 9.43. The molecule has 2 aromatic heterocycles. The van der Waals surface area contributed by atoms with Crippen LogP contribution in [0.3, 0.4) is 0 Å². The van der Waals surface area contributed by atoms with E-state index in [1.54, 1.807) is 0 Å².